The number of nitrogens with two attached hydrogens (primary N) is 1. The molecule has 0 aromatic rings. The Kier molecular flexibility index (Phi) is 5.24. The number of amides is 1. The smallest absolute Gasteiger partial charge is 0.257 e. The first-order valence-electron chi connectivity index (χ1n) is 7.74. The van der Waals surface area contributed by atoms with E-state index in [4.69, 9.17) is 5.73 Å². The summed E-state index contributed by atoms with van der Waals surface area (Å²) in [6, 6.07) is 0. The molecule has 2 aliphatic heterocycles. The monoisotopic (exact) mass is 329 g/mol. The van der Waals surface area contributed by atoms with E-state index in [1.165, 1.54) is 4.31 Å². The minimum Gasteiger partial charge on any atom is -0.760 e. The van der Waals surface area contributed by atoms with Crippen LogP contribution in [0.5, 0.6) is 0 Å². The van der Waals surface area contributed by atoms with Crippen molar-refractivity contribution in [2.75, 3.05) is 19.6 Å². The lowest BCUT2D eigenvalue weighted by molar-refractivity contribution is -0.131. The summed E-state index contributed by atoms with van der Waals surface area (Å²) in [7, 11) is 0. The fourth-order valence-corrected chi connectivity index (χ4v) is 3.87. The molecule has 0 aromatic heterocycles. The number of rotatable bonds is 5. The molecule has 2 aliphatic rings. The van der Waals surface area contributed by atoms with Crippen molar-refractivity contribution in [3.8, 4) is 0 Å². The molecule has 0 aromatic carbocycles. The van der Waals surface area contributed by atoms with Gasteiger partial charge in [-0.05, 0) is 38.0 Å². The van der Waals surface area contributed by atoms with E-state index < -0.39 is 16.8 Å². The molecule has 0 bridgehead atoms. The zero-order valence-corrected chi connectivity index (χ0v) is 14.3. The Morgan fingerprint density at radius 1 is 1.45 bits per heavy atom. The molecule has 2 atom stereocenters. The maximum atomic E-state index is 12.6. The fraction of sp³-hybridized carbons (Fsp3) is 0.857. The molecule has 1 amide bonds. The van der Waals surface area contributed by atoms with Crippen LogP contribution in [0.1, 0.15) is 40.0 Å². The van der Waals surface area contributed by atoms with E-state index in [0.29, 0.717) is 37.9 Å². The van der Waals surface area contributed by atoms with Gasteiger partial charge < -0.3 is 10.3 Å². The van der Waals surface area contributed by atoms with E-state index >= 15 is 0 Å². The van der Waals surface area contributed by atoms with Crippen LogP contribution in [0.25, 0.3) is 0 Å². The summed E-state index contributed by atoms with van der Waals surface area (Å²) in [6.45, 7) is 7.50. The molecule has 2 N–H and O–H groups in total. The van der Waals surface area contributed by atoms with Crippen molar-refractivity contribution in [2.45, 2.75) is 45.6 Å². The molecule has 2 unspecified atom stereocenters. The van der Waals surface area contributed by atoms with E-state index in [1.54, 1.807) is 4.90 Å². The highest BCUT2D eigenvalue weighted by molar-refractivity contribution is 7.76. The second-order valence-corrected chi connectivity index (χ2v) is 7.80. The standard InChI is InChI=1S/C14H26N4O3S/c1-10(2)8-14(3)12(19)18(13(15)16-14)9-11-4-6-17(7-5-11)22(20)21/h10-11H,4-9H2,1-3H3,(H2,15,16)(H,20,21)/p-1. The highest BCUT2D eigenvalue weighted by Gasteiger charge is 2.44. The minimum atomic E-state index is -2.15. The van der Waals surface area contributed by atoms with Gasteiger partial charge in [0.15, 0.2) is 5.96 Å². The normalized spacial score (nSPS) is 29.2. The van der Waals surface area contributed by atoms with Crippen LogP contribution < -0.4 is 5.73 Å². The Balaban J connectivity index is 1.96. The van der Waals surface area contributed by atoms with Gasteiger partial charge >= 0.3 is 0 Å². The molecule has 0 aliphatic carbocycles. The molecule has 2 rings (SSSR count). The Bertz CT molecular complexity index is 488. The van der Waals surface area contributed by atoms with Crippen molar-refractivity contribution >= 4 is 23.1 Å². The molecule has 2 heterocycles. The summed E-state index contributed by atoms with van der Waals surface area (Å²) in [4.78, 5) is 18.6. The Labute approximate surface area is 134 Å². The summed E-state index contributed by atoms with van der Waals surface area (Å²) in [5.74, 6) is 0.885. The maximum Gasteiger partial charge on any atom is 0.257 e. The van der Waals surface area contributed by atoms with E-state index in [1.807, 2.05) is 6.92 Å². The number of piperidine rings is 1. The van der Waals surface area contributed by atoms with Gasteiger partial charge in [0.05, 0.1) is 0 Å². The highest BCUT2D eigenvalue weighted by Crippen LogP contribution is 2.30. The highest BCUT2D eigenvalue weighted by atomic mass is 32.2. The van der Waals surface area contributed by atoms with Crippen molar-refractivity contribution in [1.29, 1.82) is 0 Å². The van der Waals surface area contributed by atoms with Crippen molar-refractivity contribution < 1.29 is 13.6 Å². The zero-order valence-electron chi connectivity index (χ0n) is 13.4. The number of nitrogens with zero attached hydrogens (tertiary/aromatic N) is 3. The first-order chi connectivity index (χ1) is 10.2. The first-order valence-corrected chi connectivity index (χ1v) is 8.77. The zero-order chi connectivity index (χ0) is 16.5. The van der Waals surface area contributed by atoms with Crippen molar-refractivity contribution in [3.63, 3.8) is 0 Å². The van der Waals surface area contributed by atoms with Gasteiger partial charge in [-0.1, -0.05) is 13.8 Å². The van der Waals surface area contributed by atoms with Gasteiger partial charge in [0, 0.05) is 30.9 Å². The summed E-state index contributed by atoms with van der Waals surface area (Å²) in [6.07, 6.45) is 2.16. The summed E-state index contributed by atoms with van der Waals surface area (Å²) < 4.78 is 23.3. The van der Waals surface area contributed by atoms with Crippen LogP contribution in [0.15, 0.2) is 4.99 Å². The SMILES string of the molecule is CC(C)CC1(C)N=C(N)N(CC2CCN(S(=O)[O-])CC2)C1=O. The predicted octanol–water partition coefficient (Wildman–Crippen LogP) is 0.454. The number of aliphatic imine (C=N–C) groups is 1. The van der Waals surface area contributed by atoms with Crippen LogP contribution in [0, 0.1) is 11.8 Å². The summed E-state index contributed by atoms with van der Waals surface area (Å²) >= 11 is -2.15. The van der Waals surface area contributed by atoms with Gasteiger partial charge in [0.1, 0.15) is 5.54 Å². The lowest BCUT2D eigenvalue weighted by Gasteiger charge is -2.34. The molecular weight excluding hydrogens is 304 g/mol. The molecule has 126 valence electrons. The van der Waals surface area contributed by atoms with Crippen molar-refractivity contribution in [2.24, 2.45) is 22.6 Å². The maximum absolute atomic E-state index is 12.6. The van der Waals surface area contributed by atoms with E-state index in [0.717, 1.165) is 12.8 Å². The van der Waals surface area contributed by atoms with Gasteiger partial charge in [-0.3, -0.25) is 13.9 Å². The van der Waals surface area contributed by atoms with Gasteiger partial charge in [-0.2, -0.15) is 0 Å². The lowest BCUT2D eigenvalue weighted by Crippen LogP contribution is -2.47. The largest absolute Gasteiger partial charge is 0.760 e. The average molecular weight is 329 g/mol. The van der Waals surface area contributed by atoms with Crippen LogP contribution in [0.4, 0.5) is 0 Å². The third-order valence-electron chi connectivity index (χ3n) is 4.37. The van der Waals surface area contributed by atoms with Gasteiger partial charge in [-0.25, -0.2) is 9.30 Å². The Morgan fingerprint density at radius 2 is 2.05 bits per heavy atom. The second-order valence-electron chi connectivity index (χ2n) is 6.85. The third-order valence-corrected chi connectivity index (χ3v) is 5.16. The third kappa shape index (κ3) is 3.67. The van der Waals surface area contributed by atoms with Crippen LogP contribution in [-0.2, 0) is 16.1 Å². The molecule has 7 nitrogen and oxygen atoms in total. The molecule has 1 saturated heterocycles. The van der Waals surface area contributed by atoms with Crippen LogP contribution in [0.3, 0.4) is 0 Å². The number of guanidine groups is 1. The van der Waals surface area contributed by atoms with E-state index in [-0.39, 0.29) is 11.8 Å². The number of hydrogen-bond donors (Lipinski definition) is 1. The van der Waals surface area contributed by atoms with E-state index in [2.05, 4.69) is 18.8 Å². The van der Waals surface area contributed by atoms with Crippen LogP contribution in [0.2, 0.25) is 0 Å². The van der Waals surface area contributed by atoms with Crippen LogP contribution in [-0.4, -0.2) is 55.0 Å². The van der Waals surface area contributed by atoms with Gasteiger partial charge in [-0.15, -0.1) is 0 Å². The average Bonchev–Trinajstić information content (AvgIpc) is 2.62. The number of carbonyl (C=O) groups excluding carboxylic acids is 1. The predicted molar refractivity (Wildman–Crippen MR) is 84.4 cm³/mol. The Hall–Kier alpha value is -0.990. The first kappa shape index (κ1) is 17.4. The van der Waals surface area contributed by atoms with E-state index in [9.17, 15) is 13.6 Å². The topological polar surface area (TPSA) is 102 Å². The molecule has 22 heavy (non-hydrogen) atoms. The molecular formula is C14H25N4O3S-. The summed E-state index contributed by atoms with van der Waals surface area (Å²) in [5, 5.41) is 0. The molecule has 1 fully saturated rings. The van der Waals surface area contributed by atoms with Crippen molar-refractivity contribution in [1.82, 2.24) is 9.21 Å². The fourth-order valence-electron chi connectivity index (χ4n) is 3.36. The molecule has 0 saturated carbocycles. The Morgan fingerprint density at radius 3 is 2.55 bits per heavy atom. The van der Waals surface area contributed by atoms with Gasteiger partial charge in [0.2, 0.25) is 0 Å². The number of hydrogen-bond acceptors (Lipinski definition) is 5. The number of carbonyl (C=O) groups is 1. The van der Waals surface area contributed by atoms with Crippen molar-refractivity contribution in [3.05, 3.63) is 0 Å². The van der Waals surface area contributed by atoms with Gasteiger partial charge in [0.25, 0.3) is 5.91 Å². The molecule has 0 spiro atoms. The summed E-state index contributed by atoms with van der Waals surface area (Å²) in [5.41, 5.74) is 5.20. The minimum absolute atomic E-state index is 0.0338. The lowest BCUT2D eigenvalue weighted by atomic mass is 9.90. The second kappa shape index (κ2) is 6.64. The molecule has 0 radical (unpaired) electrons. The molecule has 8 heteroatoms. The van der Waals surface area contributed by atoms with Crippen LogP contribution >= 0.6 is 0 Å². The quantitative estimate of drug-likeness (QED) is 0.740.